The topological polar surface area (TPSA) is 75.6 Å². The number of benzene rings is 2. The lowest BCUT2D eigenvalue weighted by atomic mass is 9.78. The Hall–Kier alpha value is -2.96. The molecule has 26 heavy (non-hydrogen) atoms. The van der Waals surface area contributed by atoms with Crippen molar-refractivity contribution in [3.8, 4) is 5.75 Å². The lowest BCUT2D eigenvalue weighted by Crippen LogP contribution is -2.46. The number of hydrogen-bond donors (Lipinski definition) is 2. The summed E-state index contributed by atoms with van der Waals surface area (Å²) in [4.78, 5) is 24.3. The van der Waals surface area contributed by atoms with Crippen LogP contribution in [0, 0.1) is 0 Å². The maximum absolute atomic E-state index is 12.4. The first-order chi connectivity index (χ1) is 12.4. The first-order valence-electron chi connectivity index (χ1n) is 8.01. The lowest BCUT2D eigenvalue weighted by Gasteiger charge is -2.29. The summed E-state index contributed by atoms with van der Waals surface area (Å²) in [5, 5.41) is 12.3. The molecule has 138 valence electrons. The van der Waals surface area contributed by atoms with Gasteiger partial charge in [-0.25, -0.2) is 0 Å². The minimum Gasteiger partial charge on any atom is -0.481 e. The average molecular weight is 363 g/mol. The molecule has 7 heteroatoms. The number of nitrogens with one attached hydrogen (secondary N) is 1. The highest BCUT2D eigenvalue weighted by atomic mass is 19.3. The molecule has 2 N–H and O–H groups in total. The molecule has 0 aromatic heterocycles. The van der Waals surface area contributed by atoms with E-state index in [2.05, 4.69) is 10.1 Å². The molecule has 1 amide bonds. The Kier molecular flexibility index (Phi) is 6.27. The number of carbonyl (C=O) groups is 2. The van der Waals surface area contributed by atoms with Crippen LogP contribution in [0.1, 0.15) is 29.3 Å². The Morgan fingerprint density at radius 2 is 1.85 bits per heavy atom. The second kappa shape index (κ2) is 8.42. The molecule has 1 unspecified atom stereocenters. The van der Waals surface area contributed by atoms with Gasteiger partial charge in [0.05, 0.1) is 0 Å². The molecule has 5 nitrogen and oxygen atoms in total. The summed E-state index contributed by atoms with van der Waals surface area (Å²) in [5.74, 6) is -1.77. The van der Waals surface area contributed by atoms with E-state index in [0.29, 0.717) is 5.56 Å². The van der Waals surface area contributed by atoms with Crippen molar-refractivity contribution < 1.29 is 28.2 Å². The molecule has 0 spiro atoms. The SMILES string of the molecule is CCC(CNC(=O)c1cccc(OC(F)F)c1)(C(=O)O)c1ccccc1. The van der Waals surface area contributed by atoms with Crippen LogP contribution < -0.4 is 10.1 Å². The smallest absolute Gasteiger partial charge is 0.387 e. The van der Waals surface area contributed by atoms with Gasteiger partial charge in [-0.15, -0.1) is 0 Å². The zero-order valence-electron chi connectivity index (χ0n) is 14.1. The number of carbonyl (C=O) groups excluding carboxylic acids is 1. The third kappa shape index (κ3) is 4.36. The Balaban J connectivity index is 2.19. The molecule has 0 aliphatic rings. The van der Waals surface area contributed by atoms with Crippen LogP contribution in [0.4, 0.5) is 8.78 Å². The molecule has 2 aromatic carbocycles. The quantitative estimate of drug-likeness (QED) is 0.753. The van der Waals surface area contributed by atoms with Crippen LogP contribution >= 0.6 is 0 Å². The fraction of sp³-hybridized carbons (Fsp3) is 0.263. The van der Waals surface area contributed by atoms with Crippen LogP contribution in [-0.2, 0) is 10.2 Å². The molecule has 1 atom stereocenters. The third-order valence-corrected chi connectivity index (χ3v) is 4.21. The van der Waals surface area contributed by atoms with Gasteiger partial charge in [0.1, 0.15) is 11.2 Å². The van der Waals surface area contributed by atoms with Gasteiger partial charge in [-0.05, 0) is 30.2 Å². The molecule has 0 aliphatic carbocycles. The summed E-state index contributed by atoms with van der Waals surface area (Å²) < 4.78 is 28.9. The van der Waals surface area contributed by atoms with E-state index in [-0.39, 0.29) is 24.3 Å². The minimum atomic E-state index is -2.99. The second-order valence-electron chi connectivity index (χ2n) is 5.70. The molecular weight excluding hydrogens is 344 g/mol. The number of carboxylic acids is 1. The molecule has 0 radical (unpaired) electrons. The van der Waals surface area contributed by atoms with E-state index >= 15 is 0 Å². The van der Waals surface area contributed by atoms with Gasteiger partial charge in [-0.2, -0.15) is 8.78 Å². The first kappa shape index (κ1) is 19.4. The number of halogens is 2. The summed E-state index contributed by atoms with van der Waals surface area (Å²) in [6.45, 7) is -1.41. The summed E-state index contributed by atoms with van der Waals surface area (Å²) >= 11 is 0. The van der Waals surface area contributed by atoms with Crippen LogP contribution in [0.5, 0.6) is 5.75 Å². The number of rotatable bonds is 8. The van der Waals surface area contributed by atoms with Crippen molar-refractivity contribution >= 4 is 11.9 Å². The van der Waals surface area contributed by atoms with E-state index in [0.717, 1.165) is 0 Å². The van der Waals surface area contributed by atoms with Crippen LogP contribution in [0.2, 0.25) is 0 Å². The first-order valence-corrected chi connectivity index (χ1v) is 8.01. The van der Waals surface area contributed by atoms with E-state index in [4.69, 9.17) is 0 Å². The van der Waals surface area contributed by atoms with E-state index in [9.17, 15) is 23.5 Å². The maximum Gasteiger partial charge on any atom is 0.387 e. The molecule has 0 fully saturated rings. The van der Waals surface area contributed by atoms with E-state index in [1.165, 1.54) is 24.3 Å². The normalized spacial score (nSPS) is 13.1. The van der Waals surface area contributed by atoms with Crippen LogP contribution in [0.25, 0.3) is 0 Å². The maximum atomic E-state index is 12.4. The molecule has 0 saturated heterocycles. The van der Waals surface area contributed by atoms with Crippen molar-refractivity contribution in [2.24, 2.45) is 0 Å². The Labute approximate surface area is 149 Å². The Morgan fingerprint density at radius 3 is 2.42 bits per heavy atom. The standard InChI is InChI=1S/C19H19F2NO4/c1-2-19(17(24)25,14-8-4-3-5-9-14)12-22-16(23)13-7-6-10-15(11-13)26-18(20)21/h3-11,18H,2,12H2,1H3,(H,22,23)(H,24,25). The second-order valence-corrected chi connectivity index (χ2v) is 5.70. The summed E-state index contributed by atoms with van der Waals surface area (Å²) in [5.41, 5.74) is -0.606. The highest BCUT2D eigenvalue weighted by Crippen LogP contribution is 2.28. The van der Waals surface area contributed by atoms with Gasteiger partial charge >= 0.3 is 12.6 Å². The van der Waals surface area contributed by atoms with E-state index in [1.807, 2.05) is 0 Å². The zero-order valence-corrected chi connectivity index (χ0v) is 14.1. The minimum absolute atomic E-state index is 0.103. The Bertz CT molecular complexity index is 767. The predicted molar refractivity (Wildman–Crippen MR) is 91.5 cm³/mol. The molecule has 0 heterocycles. The van der Waals surface area contributed by atoms with Crippen molar-refractivity contribution in [3.05, 3.63) is 65.7 Å². The molecule has 0 bridgehead atoms. The van der Waals surface area contributed by atoms with Crippen molar-refractivity contribution in [2.75, 3.05) is 6.54 Å². The largest absolute Gasteiger partial charge is 0.481 e. The summed E-state index contributed by atoms with van der Waals surface area (Å²) in [6.07, 6.45) is 0.265. The summed E-state index contributed by atoms with van der Waals surface area (Å²) in [6, 6.07) is 14.0. The van der Waals surface area contributed by atoms with Crippen molar-refractivity contribution in [3.63, 3.8) is 0 Å². The highest BCUT2D eigenvalue weighted by Gasteiger charge is 2.39. The van der Waals surface area contributed by atoms with Gasteiger partial charge in [-0.3, -0.25) is 9.59 Å². The number of hydrogen-bond acceptors (Lipinski definition) is 3. The van der Waals surface area contributed by atoms with E-state index in [1.54, 1.807) is 37.3 Å². The molecule has 2 rings (SSSR count). The van der Waals surface area contributed by atoms with E-state index < -0.39 is 23.9 Å². The van der Waals surface area contributed by atoms with Crippen molar-refractivity contribution in [1.82, 2.24) is 5.32 Å². The third-order valence-electron chi connectivity index (χ3n) is 4.21. The Morgan fingerprint density at radius 1 is 1.15 bits per heavy atom. The number of amides is 1. The number of ether oxygens (including phenoxy) is 1. The number of carboxylic acid groups (broad SMARTS) is 1. The van der Waals surface area contributed by atoms with Gasteiger partial charge in [0.15, 0.2) is 0 Å². The van der Waals surface area contributed by atoms with Gasteiger partial charge < -0.3 is 15.2 Å². The van der Waals surface area contributed by atoms with Crippen molar-refractivity contribution in [2.45, 2.75) is 25.4 Å². The lowest BCUT2D eigenvalue weighted by molar-refractivity contribution is -0.143. The highest BCUT2D eigenvalue weighted by molar-refractivity contribution is 5.95. The van der Waals surface area contributed by atoms with Crippen LogP contribution in [0.3, 0.4) is 0 Å². The average Bonchev–Trinajstić information content (AvgIpc) is 2.62. The van der Waals surface area contributed by atoms with Crippen LogP contribution in [0.15, 0.2) is 54.6 Å². The summed E-state index contributed by atoms with van der Waals surface area (Å²) in [7, 11) is 0. The number of alkyl halides is 2. The fourth-order valence-electron chi connectivity index (χ4n) is 2.69. The van der Waals surface area contributed by atoms with Gasteiger partial charge in [0, 0.05) is 12.1 Å². The van der Waals surface area contributed by atoms with Crippen LogP contribution in [-0.4, -0.2) is 30.1 Å². The number of aliphatic carboxylic acids is 1. The molecule has 0 saturated carbocycles. The monoisotopic (exact) mass is 363 g/mol. The fourth-order valence-corrected chi connectivity index (χ4v) is 2.69. The molecule has 2 aromatic rings. The zero-order chi connectivity index (χ0) is 19.2. The molecule has 0 aliphatic heterocycles. The van der Waals surface area contributed by atoms with Gasteiger partial charge in [0.25, 0.3) is 5.91 Å². The predicted octanol–water partition coefficient (Wildman–Crippen LogP) is 3.45. The van der Waals surface area contributed by atoms with Gasteiger partial charge in [0.2, 0.25) is 0 Å². The molecular formula is C19H19F2NO4. The van der Waals surface area contributed by atoms with Crippen molar-refractivity contribution in [1.29, 1.82) is 0 Å². The van der Waals surface area contributed by atoms with Gasteiger partial charge in [-0.1, -0.05) is 43.3 Å².